The lowest BCUT2D eigenvalue weighted by Gasteiger charge is -2.14. The Hall–Kier alpha value is -5.63. The normalized spacial score (nSPS) is 11.6. The van der Waals surface area contributed by atoms with Crippen molar-refractivity contribution in [1.29, 1.82) is 0 Å². The summed E-state index contributed by atoms with van der Waals surface area (Å²) in [5.74, 6) is 0.304. The van der Waals surface area contributed by atoms with Crippen LogP contribution in [0.5, 0.6) is 11.6 Å². The first-order valence-corrected chi connectivity index (χ1v) is 14.4. The molecular weight excluding hydrogens is 552 g/mol. The number of ether oxygens (including phenoxy) is 1. The minimum Gasteiger partial charge on any atom is -0.493 e. The minimum absolute atomic E-state index is 0.0661. The molecule has 0 radical (unpaired) electrons. The van der Waals surface area contributed by atoms with Gasteiger partial charge in [-0.3, -0.25) is 14.8 Å². The highest BCUT2D eigenvalue weighted by Crippen LogP contribution is 2.28. The third kappa shape index (κ3) is 5.83. The van der Waals surface area contributed by atoms with Crippen LogP contribution in [0.2, 0.25) is 0 Å². The second-order valence-corrected chi connectivity index (χ2v) is 10.7. The van der Waals surface area contributed by atoms with Crippen LogP contribution in [-0.2, 0) is 13.0 Å². The molecule has 0 saturated carbocycles. The molecule has 3 N–H and O–H groups in total. The van der Waals surface area contributed by atoms with Gasteiger partial charge in [0.1, 0.15) is 17.9 Å². The van der Waals surface area contributed by atoms with Crippen LogP contribution in [0.4, 0.5) is 0 Å². The van der Waals surface area contributed by atoms with Gasteiger partial charge in [-0.15, -0.1) is 0 Å². The van der Waals surface area contributed by atoms with Crippen LogP contribution in [0.3, 0.4) is 0 Å². The fraction of sp³-hybridized carbons (Fsp3) is 0.139. The summed E-state index contributed by atoms with van der Waals surface area (Å²) >= 11 is 0. The summed E-state index contributed by atoms with van der Waals surface area (Å²) < 4.78 is 7.17. The standard InChI is InChI=1S/C36H32N4O4/c1-23-13-15-27(16-14-23)40-35(42)32(34(41)39-36(40)43)33(26-11-7-4-8-12-26)37-20-19-29-24(2)38-31-18-17-28(21-30(29)31)44-22-25-9-5-3-6-10-25/h3-18,21,38,42H,19-20,22H2,1-2H3,(H,39,41,43). The van der Waals surface area contributed by atoms with Crippen molar-refractivity contribution >= 4 is 16.6 Å². The molecule has 0 fully saturated rings. The molecule has 8 heteroatoms. The van der Waals surface area contributed by atoms with E-state index in [2.05, 4.69) is 9.97 Å². The van der Waals surface area contributed by atoms with Crippen LogP contribution in [0, 0.1) is 13.8 Å². The van der Waals surface area contributed by atoms with Gasteiger partial charge in [0.05, 0.1) is 11.4 Å². The summed E-state index contributed by atoms with van der Waals surface area (Å²) in [5.41, 5.74) is 5.07. The summed E-state index contributed by atoms with van der Waals surface area (Å²) in [7, 11) is 0. The molecule has 0 aliphatic carbocycles. The number of nitrogens with one attached hydrogen (secondary N) is 2. The number of aliphatic imine (C=N–C) groups is 1. The zero-order valence-electron chi connectivity index (χ0n) is 24.5. The van der Waals surface area contributed by atoms with Crippen molar-refractivity contribution < 1.29 is 9.84 Å². The molecule has 2 aromatic heterocycles. The Morgan fingerprint density at radius 2 is 1.57 bits per heavy atom. The van der Waals surface area contributed by atoms with Crippen molar-refractivity contribution in [2.24, 2.45) is 4.99 Å². The zero-order chi connectivity index (χ0) is 30.6. The Balaban J connectivity index is 1.35. The van der Waals surface area contributed by atoms with E-state index in [1.807, 2.05) is 105 Å². The first-order chi connectivity index (χ1) is 21.4. The molecule has 0 bridgehead atoms. The second-order valence-electron chi connectivity index (χ2n) is 10.7. The first kappa shape index (κ1) is 28.5. The molecule has 0 unspecified atom stereocenters. The van der Waals surface area contributed by atoms with Gasteiger partial charge in [0, 0.05) is 28.7 Å². The molecule has 6 rings (SSSR count). The van der Waals surface area contributed by atoms with E-state index in [0.717, 1.165) is 43.6 Å². The number of aryl methyl sites for hydroxylation is 2. The van der Waals surface area contributed by atoms with Gasteiger partial charge in [-0.1, -0.05) is 78.4 Å². The van der Waals surface area contributed by atoms with Crippen molar-refractivity contribution in [2.45, 2.75) is 26.9 Å². The Morgan fingerprint density at radius 1 is 0.864 bits per heavy atom. The van der Waals surface area contributed by atoms with Crippen molar-refractivity contribution in [3.8, 4) is 17.3 Å². The molecule has 0 amide bonds. The second kappa shape index (κ2) is 12.3. The third-order valence-corrected chi connectivity index (χ3v) is 7.63. The summed E-state index contributed by atoms with van der Waals surface area (Å²) in [4.78, 5) is 36.7. The van der Waals surface area contributed by atoms with E-state index in [0.29, 0.717) is 36.5 Å². The lowest BCUT2D eigenvalue weighted by atomic mass is 10.0. The highest BCUT2D eigenvalue weighted by atomic mass is 16.5. The van der Waals surface area contributed by atoms with Gasteiger partial charge in [0.2, 0.25) is 5.88 Å². The molecule has 0 spiro atoms. The maximum atomic E-state index is 13.2. The summed E-state index contributed by atoms with van der Waals surface area (Å²) in [6.45, 7) is 4.75. The van der Waals surface area contributed by atoms with Crippen molar-refractivity contribution in [3.05, 3.63) is 157 Å². The van der Waals surface area contributed by atoms with Crippen molar-refractivity contribution in [1.82, 2.24) is 14.5 Å². The minimum atomic E-state index is -0.729. The Kier molecular flexibility index (Phi) is 7.97. The van der Waals surface area contributed by atoms with Crippen LogP contribution in [0.15, 0.2) is 118 Å². The van der Waals surface area contributed by atoms with E-state index in [1.165, 1.54) is 0 Å². The van der Waals surface area contributed by atoms with Gasteiger partial charge >= 0.3 is 5.69 Å². The maximum Gasteiger partial charge on any atom is 0.335 e. The predicted molar refractivity (Wildman–Crippen MR) is 174 cm³/mol. The van der Waals surface area contributed by atoms with Crippen LogP contribution < -0.4 is 16.0 Å². The molecule has 44 heavy (non-hydrogen) atoms. The number of hydrogen-bond acceptors (Lipinski definition) is 5. The van der Waals surface area contributed by atoms with E-state index < -0.39 is 17.1 Å². The Bertz CT molecular complexity index is 2070. The van der Waals surface area contributed by atoms with Crippen molar-refractivity contribution in [3.63, 3.8) is 0 Å². The molecular formula is C36H32N4O4. The maximum absolute atomic E-state index is 13.2. The quantitative estimate of drug-likeness (QED) is 0.181. The number of nitrogens with zero attached hydrogens (tertiary/aromatic N) is 2. The molecule has 4 aromatic carbocycles. The number of hydrogen-bond donors (Lipinski definition) is 3. The van der Waals surface area contributed by atoms with Crippen LogP contribution >= 0.6 is 0 Å². The lowest BCUT2D eigenvalue weighted by molar-refractivity contribution is 0.306. The zero-order valence-corrected chi connectivity index (χ0v) is 24.5. The smallest absolute Gasteiger partial charge is 0.335 e. The topological polar surface area (TPSA) is 112 Å². The fourth-order valence-electron chi connectivity index (χ4n) is 5.38. The number of fused-ring (bicyclic) bond motifs is 1. The van der Waals surface area contributed by atoms with Gasteiger partial charge in [-0.25, -0.2) is 9.36 Å². The van der Waals surface area contributed by atoms with Crippen LogP contribution in [-0.4, -0.2) is 31.9 Å². The van der Waals surface area contributed by atoms with Gasteiger partial charge < -0.3 is 14.8 Å². The fourth-order valence-corrected chi connectivity index (χ4v) is 5.38. The van der Waals surface area contributed by atoms with E-state index in [-0.39, 0.29) is 5.56 Å². The number of H-pyrrole nitrogens is 2. The Morgan fingerprint density at radius 3 is 2.30 bits per heavy atom. The monoisotopic (exact) mass is 584 g/mol. The molecule has 0 aliphatic heterocycles. The van der Waals surface area contributed by atoms with Gasteiger partial charge in [-0.05, 0) is 61.7 Å². The molecule has 0 atom stereocenters. The van der Waals surface area contributed by atoms with Crippen LogP contribution in [0.25, 0.3) is 16.6 Å². The molecule has 8 nitrogen and oxygen atoms in total. The van der Waals surface area contributed by atoms with Gasteiger partial charge in [0.15, 0.2) is 0 Å². The molecule has 2 heterocycles. The average Bonchev–Trinajstić information content (AvgIpc) is 3.34. The largest absolute Gasteiger partial charge is 0.493 e. The van der Waals surface area contributed by atoms with E-state index >= 15 is 0 Å². The highest BCUT2D eigenvalue weighted by molar-refractivity contribution is 6.14. The molecule has 6 aromatic rings. The summed E-state index contributed by atoms with van der Waals surface area (Å²) in [6, 6.07) is 32.3. The van der Waals surface area contributed by atoms with Gasteiger partial charge in [-0.2, -0.15) is 0 Å². The van der Waals surface area contributed by atoms with Crippen molar-refractivity contribution in [2.75, 3.05) is 6.54 Å². The molecule has 0 aliphatic rings. The number of aromatic amines is 2. The number of aromatic nitrogens is 3. The highest BCUT2D eigenvalue weighted by Gasteiger charge is 2.22. The molecule has 220 valence electrons. The number of rotatable bonds is 9. The summed E-state index contributed by atoms with van der Waals surface area (Å²) in [5, 5.41) is 12.4. The van der Waals surface area contributed by atoms with Gasteiger partial charge in [0.25, 0.3) is 5.56 Å². The van der Waals surface area contributed by atoms with E-state index in [1.54, 1.807) is 12.1 Å². The Labute approximate surface area is 254 Å². The SMILES string of the molecule is Cc1ccc(-n2c(O)c(C(=NCCc3c(C)[nH]c4ccc(OCc5ccccc5)cc34)c3ccccc3)c(=O)[nH]c2=O)cc1. The first-order valence-electron chi connectivity index (χ1n) is 14.4. The van der Waals surface area contributed by atoms with E-state index in [4.69, 9.17) is 9.73 Å². The summed E-state index contributed by atoms with van der Waals surface area (Å²) in [6.07, 6.45) is 0.570. The number of aromatic hydroxyl groups is 1. The van der Waals surface area contributed by atoms with E-state index in [9.17, 15) is 14.7 Å². The lowest BCUT2D eigenvalue weighted by Crippen LogP contribution is -2.33. The molecule has 0 saturated heterocycles. The average molecular weight is 585 g/mol. The number of benzene rings is 4. The predicted octanol–water partition coefficient (Wildman–Crippen LogP) is 5.99. The third-order valence-electron chi connectivity index (χ3n) is 7.63. The van der Waals surface area contributed by atoms with Crippen LogP contribution in [0.1, 0.15) is 33.5 Å².